The Bertz CT molecular complexity index is 1730. The summed E-state index contributed by atoms with van der Waals surface area (Å²) in [7, 11) is 0. The van der Waals surface area contributed by atoms with Crippen LogP contribution in [0.1, 0.15) is 72.8 Å². The van der Waals surface area contributed by atoms with E-state index in [9.17, 15) is 43.5 Å². The zero-order valence-corrected chi connectivity index (χ0v) is 34.7. The lowest BCUT2D eigenvalue weighted by Crippen LogP contribution is -2.59. The van der Waals surface area contributed by atoms with E-state index < -0.39 is 84.0 Å². The van der Waals surface area contributed by atoms with Gasteiger partial charge in [-0.15, -0.1) is 0 Å². The van der Waals surface area contributed by atoms with Gasteiger partial charge in [0.2, 0.25) is 46.5 Å². The van der Waals surface area contributed by atoms with Gasteiger partial charge in [-0.25, -0.2) is 0 Å². The largest absolute Gasteiger partial charge is 0.508 e. The van der Waals surface area contributed by atoms with Crippen molar-refractivity contribution in [2.75, 3.05) is 6.54 Å². The topological polar surface area (TPSA) is 281 Å². The molecule has 0 fully saturated rings. The van der Waals surface area contributed by atoms with Gasteiger partial charge in [0.1, 0.15) is 42.0 Å². The van der Waals surface area contributed by atoms with Gasteiger partial charge in [-0.05, 0) is 86.2 Å². The first-order chi connectivity index (χ1) is 27.3. The zero-order valence-electron chi connectivity index (χ0n) is 33.8. The molecule has 11 N–H and O–H groups in total. The number of carbonyl (C=O) groups is 8. The van der Waals surface area contributed by atoms with E-state index in [2.05, 4.69) is 31.9 Å². The van der Waals surface area contributed by atoms with Crippen molar-refractivity contribution in [3.05, 3.63) is 60.2 Å². The number of benzene rings is 2. The van der Waals surface area contributed by atoms with Crippen molar-refractivity contribution < 1.29 is 43.5 Å². The molecular formula is C40H58N8O9S. The second-order valence-corrected chi connectivity index (χ2v) is 15.8. The Balaban J connectivity index is 2.24. The quantitative estimate of drug-likeness (QED) is 0.0697. The van der Waals surface area contributed by atoms with E-state index >= 15 is 0 Å². The number of nitrogens with two attached hydrogens (primary N) is 2. The van der Waals surface area contributed by atoms with Crippen LogP contribution in [0.5, 0.6) is 5.75 Å². The third-order valence-electron chi connectivity index (χ3n) is 8.71. The molecule has 0 bridgehead atoms. The van der Waals surface area contributed by atoms with Crippen molar-refractivity contribution in [1.82, 2.24) is 31.9 Å². The number of aromatic hydroxyl groups is 1. The molecule has 17 nitrogen and oxygen atoms in total. The number of phenolic OH excluding ortho intramolecular Hbond substituents is 1. The molecule has 0 unspecified atom stereocenters. The minimum atomic E-state index is -1.49. The number of thioether (sulfide) groups is 1. The number of hydrogen-bond acceptors (Lipinski definition) is 11. The van der Waals surface area contributed by atoms with Crippen LogP contribution in [0.2, 0.25) is 0 Å². The third kappa shape index (κ3) is 17.3. The summed E-state index contributed by atoms with van der Waals surface area (Å²) in [5, 5.41) is 24.9. The summed E-state index contributed by atoms with van der Waals surface area (Å²) in [4.78, 5) is 105. The normalized spacial score (nSPS) is 14.2. The summed E-state index contributed by atoms with van der Waals surface area (Å²) in [5.74, 6) is -5.56. The summed E-state index contributed by atoms with van der Waals surface area (Å²) < 4.78 is 0. The van der Waals surface area contributed by atoms with Crippen LogP contribution in [0, 0.1) is 11.8 Å². The number of nitrogens with one attached hydrogen (secondary N) is 6. The van der Waals surface area contributed by atoms with Gasteiger partial charge in [0, 0.05) is 18.2 Å². The van der Waals surface area contributed by atoms with Crippen LogP contribution >= 0.6 is 11.8 Å². The fourth-order valence-corrected chi connectivity index (χ4v) is 6.65. The van der Waals surface area contributed by atoms with Crippen molar-refractivity contribution in [3.63, 3.8) is 0 Å². The fraction of sp³-hybridized carbons (Fsp3) is 0.500. The lowest BCUT2D eigenvalue weighted by molar-refractivity contribution is -0.135. The summed E-state index contributed by atoms with van der Waals surface area (Å²) in [6.07, 6.45) is -0.0407. The average molecular weight is 827 g/mol. The van der Waals surface area contributed by atoms with Gasteiger partial charge >= 0.3 is 0 Å². The second kappa shape index (κ2) is 24.3. The number of primary amides is 1. The van der Waals surface area contributed by atoms with Crippen LogP contribution < -0.4 is 43.4 Å². The molecule has 318 valence electrons. The van der Waals surface area contributed by atoms with Crippen molar-refractivity contribution in [2.45, 2.75) is 115 Å². The first kappa shape index (κ1) is 48.7. The maximum absolute atomic E-state index is 13.9. The highest BCUT2D eigenvalue weighted by atomic mass is 32.2. The monoisotopic (exact) mass is 826 g/mol. The minimum Gasteiger partial charge on any atom is -0.508 e. The van der Waals surface area contributed by atoms with E-state index in [4.69, 9.17) is 11.5 Å². The lowest BCUT2D eigenvalue weighted by atomic mass is 10.0. The van der Waals surface area contributed by atoms with E-state index in [1.807, 2.05) is 13.8 Å². The van der Waals surface area contributed by atoms with Crippen LogP contribution in [0.3, 0.4) is 0 Å². The van der Waals surface area contributed by atoms with Gasteiger partial charge < -0.3 is 48.5 Å². The molecule has 0 aliphatic rings. The molecule has 2 aromatic carbocycles. The highest BCUT2D eigenvalue weighted by molar-refractivity contribution is 8.13. The van der Waals surface area contributed by atoms with Crippen LogP contribution in [0.4, 0.5) is 0 Å². The molecule has 7 amide bonds. The third-order valence-corrected chi connectivity index (χ3v) is 9.67. The molecule has 2 rings (SSSR count). The Morgan fingerprint density at radius 1 is 0.672 bits per heavy atom. The molecule has 0 saturated heterocycles. The van der Waals surface area contributed by atoms with Crippen LogP contribution in [0.25, 0.3) is 0 Å². The van der Waals surface area contributed by atoms with Crippen LogP contribution in [-0.4, -0.2) is 94.4 Å². The Morgan fingerprint density at radius 2 is 1.22 bits per heavy atom. The molecule has 18 heteroatoms. The maximum atomic E-state index is 13.9. The van der Waals surface area contributed by atoms with Gasteiger partial charge in [0.25, 0.3) is 0 Å². The first-order valence-corrected chi connectivity index (χ1v) is 19.9. The first-order valence-electron chi connectivity index (χ1n) is 19.1. The summed E-state index contributed by atoms with van der Waals surface area (Å²) in [6, 6.07) is 7.58. The molecule has 6 atom stereocenters. The molecule has 2 aromatic rings. The molecule has 0 saturated carbocycles. The van der Waals surface area contributed by atoms with Gasteiger partial charge in [0.05, 0.1) is 6.42 Å². The summed E-state index contributed by atoms with van der Waals surface area (Å²) in [6.45, 7) is 9.96. The van der Waals surface area contributed by atoms with E-state index in [1.165, 1.54) is 26.0 Å². The highest BCUT2D eigenvalue weighted by Crippen LogP contribution is 2.22. The predicted octanol–water partition coefficient (Wildman–Crippen LogP) is 0.519. The van der Waals surface area contributed by atoms with Crippen LogP contribution in [0.15, 0.2) is 59.5 Å². The Labute approximate surface area is 343 Å². The smallest absolute Gasteiger partial charge is 0.243 e. The summed E-state index contributed by atoms with van der Waals surface area (Å²) in [5.41, 5.74) is 11.7. The molecule has 0 aliphatic heterocycles. The number of hydrogen-bond donors (Lipinski definition) is 9. The standard InChI is InChI=1S/C40H58N8O9S/c1-22(2)19-30(44-25(6)49)37(54)47-31(20-26-14-16-27(50)17-15-26)38(55)45-29(13-10-18-41)36(53)43-24(5)35(52)46-32(21-33(42)51)39(56)48-34(23(3)4)40(57)58-28-11-8-7-9-12-28/h7-9,11-12,14-17,22-24,29-32,34,50H,10,13,18-21,41H2,1-6H3,(H2,42,51)(H,43,53)(H,44,49)(H,45,55)(H,46,52)(H,47,54)(H,48,56)/t24-,29-,30-,31-,32-,34-/m0/s1. The molecule has 0 radical (unpaired) electrons. The van der Waals surface area contributed by atoms with Gasteiger partial charge in [-0.2, -0.15) is 0 Å². The minimum absolute atomic E-state index is 0.0116. The average Bonchev–Trinajstić information content (AvgIpc) is 3.14. The number of phenols is 1. The fourth-order valence-electron chi connectivity index (χ4n) is 5.67. The van der Waals surface area contributed by atoms with Gasteiger partial charge in [0.15, 0.2) is 0 Å². The van der Waals surface area contributed by atoms with Crippen LogP contribution in [-0.2, 0) is 44.8 Å². The van der Waals surface area contributed by atoms with Gasteiger partial charge in [-0.1, -0.05) is 58.0 Å². The highest BCUT2D eigenvalue weighted by Gasteiger charge is 2.33. The van der Waals surface area contributed by atoms with Crippen molar-refractivity contribution in [3.8, 4) is 5.75 Å². The predicted molar refractivity (Wildman–Crippen MR) is 218 cm³/mol. The van der Waals surface area contributed by atoms with E-state index in [1.54, 1.807) is 56.3 Å². The Kier molecular flexibility index (Phi) is 20.4. The molecule has 0 aromatic heterocycles. The van der Waals surface area contributed by atoms with E-state index in [0.29, 0.717) is 10.5 Å². The Morgan fingerprint density at radius 3 is 1.78 bits per heavy atom. The van der Waals surface area contributed by atoms with Crippen molar-refractivity contribution in [1.29, 1.82) is 0 Å². The van der Waals surface area contributed by atoms with E-state index in [0.717, 1.165) is 11.8 Å². The SMILES string of the molecule is CC(=O)N[C@@H](CC(C)C)C(=O)N[C@@H](Cc1ccc(O)cc1)C(=O)N[C@@H](CCCN)C(=O)N[C@@H](C)C(=O)N[C@@H](CC(N)=O)C(=O)N[C@H](C(=O)Sc1ccccc1)C(C)C. The number of amides is 7. The Hall–Kier alpha value is -5.49. The molecule has 0 aliphatic carbocycles. The number of carbonyl (C=O) groups excluding carboxylic acids is 8. The summed E-state index contributed by atoms with van der Waals surface area (Å²) >= 11 is 0.933. The number of rotatable bonds is 23. The molecular weight excluding hydrogens is 769 g/mol. The molecule has 0 heterocycles. The van der Waals surface area contributed by atoms with Crippen molar-refractivity contribution >= 4 is 58.2 Å². The zero-order chi connectivity index (χ0) is 43.5. The van der Waals surface area contributed by atoms with Gasteiger partial charge in [-0.3, -0.25) is 38.4 Å². The van der Waals surface area contributed by atoms with Crippen molar-refractivity contribution in [2.24, 2.45) is 23.3 Å². The maximum Gasteiger partial charge on any atom is 0.243 e. The molecule has 58 heavy (non-hydrogen) atoms. The lowest BCUT2D eigenvalue weighted by Gasteiger charge is -2.27. The molecule has 0 spiro atoms. The van der Waals surface area contributed by atoms with E-state index in [-0.39, 0.29) is 54.9 Å². The second-order valence-electron chi connectivity index (χ2n) is 14.7.